The highest BCUT2D eigenvalue weighted by atomic mass is 32.1. The van der Waals surface area contributed by atoms with E-state index in [4.69, 9.17) is 5.73 Å². The predicted octanol–water partition coefficient (Wildman–Crippen LogP) is 0.960. The van der Waals surface area contributed by atoms with E-state index in [1.54, 1.807) is 18.5 Å². The van der Waals surface area contributed by atoms with E-state index < -0.39 is 12.1 Å². The van der Waals surface area contributed by atoms with E-state index in [1.165, 1.54) is 11.3 Å². The zero-order chi connectivity index (χ0) is 14.4. The van der Waals surface area contributed by atoms with Crippen molar-refractivity contribution in [2.24, 2.45) is 11.7 Å². The third-order valence-electron chi connectivity index (χ3n) is 2.42. The zero-order valence-electron chi connectivity index (χ0n) is 11.3. The van der Waals surface area contributed by atoms with Gasteiger partial charge in [-0.15, -0.1) is 11.3 Å². The summed E-state index contributed by atoms with van der Waals surface area (Å²) >= 11 is 1.33. The summed E-state index contributed by atoms with van der Waals surface area (Å²) in [5.74, 6) is -0.321. The van der Waals surface area contributed by atoms with Crippen LogP contribution in [0.1, 0.15) is 27.2 Å². The molecule has 1 aromatic heterocycles. The minimum Gasteiger partial charge on any atom is -0.343 e. The van der Waals surface area contributed by atoms with Crippen molar-refractivity contribution in [2.75, 3.05) is 5.32 Å². The maximum Gasteiger partial charge on any atom is 0.248 e. The van der Waals surface area contributed by atoms with Gasteiger partial charge < -0.3 is 16.4 Å². The zero-order valence-corrected chi connectivity index (χ0v) is 12.2. The molecule has 2 atom stereocenters. The first kappa shape index (κ1) is 15.6. The molecule has 4 N–H and O–H groups in total. The number of nitrogens with zero attached hydrogens (tertiary/aromatic N) is 1. The summed E-state index contributed by atoms with van der Waals surface area (Å²) in [6.45, 7) is 5.56. The lowest BCUT2D eigenvalue weighted by Crippen LogP contribution is -2.49. The first-order valence-corrected chi connectivity index (χ1v) is 7.04. The maximum atomic E-state index is 12.1. The fourth-order valence-electron chi connectivity index (χ4n) is 1.48. The number of nitrogens with two attached hydrogens (primary N) is 1. The molecule has 0 aliphatic heterocycles. The summed E-state index contributed by atoms with van der Waals surface area (Å²) in [4.78, 5) is 27.7. The van der Waals surface area contributed by atoms with E-state index in [2.05, 4.69) is 15.6 Å². The van der Waals surface area contributed by atoms with Gasteiger partial charge in [0, 0.05) is 11.6 Å². The van der Waals surface area contributed by atoms with Crippen molar-refractivity contribution in [3.05, 3.63) is 11.6 Å². The second kappa shape index (κ2) is 7.20. The lowest BCUT2D eigenvalue weighted by Gasteiger charge is -2.20. The average Bonchev–Trinajstić information content (AvgIpc) is 2.79. The molecule has 0 saturated heterocycles. The Kier molecular flexibility index (Phi) is 5.91. The van der Waals surface area contributed by atoms with Crippen LogP contribution < -0.4 is 16.4 Å². The SMILES string of the molecule is CC(C)CC(NC(=O)C(C)N)C(=O)Nc1nccs1. The molecule has 0 aromatic carbocycles. The van der Waals surface area contributed by atoms with Crippen LogP contribution in [0.3, 0.4) is 0 Å². The Bertz CT molecular complexity index is 417. The molecular weight excluding hydrogens is 264 g/mol. The Hall–Kier alpha value is -1.47. The fraction of sp³-hybridized carbons (Fsp3) is 0.583. The van der Waals surface area contributed by atoms with Crippen LogP contribution in [-0.2, 0) is 9.59 Å². The molecule has 7 heteroatoms. The van der Waals surface area contributed by atoms with E-state index in [0.717, 1.165) is 0 Å². The third kappa shape index (κ3) is 5.35. The quantitative estimate of drug-likeness (QED) is 0.724. The second-order valence-electron chi connectivity index (χ2n) is 4.81. The van der Waals surface area contributed by atoms with Gasteiger partial charge in [-0.25, -0.2) is 4.98 Å². The molecule has 0 aliphatic carbocycles. The molecule has 19 heavy (non-hydrogen) atoms. The van der Waals surface area contributed by atoms with Gasteiger partial charge in [0.1, 0.15) is 6.04 Å². The topological polar surface area (TPSA) is 97.1 Å². The number of amides is 2. The highest BCUT2D eigenvalue weighted by molar-refractivity contribution is 7.13. The highest BCUT2D eigenvalue weighted by Crippen LogP contribution is 2.12. The maximum absolute atomic E-state index is 12.1. The van der Waals surface area contributed by atoms with Crippen LogP contribution in [0.2, 0.25) is 0 Å². The molecule has 1 aromatic rings. The number of thiazole rings is 1. The van der Waals surface area contributed by atoms with Crippen LogP contribution in [0.5, 0.6) is 0 Å². The Morgan fingerprint density at radius 2 is 2.05 bits per heavy atom. The van der Waals surface area contributed by atoms with Gasteiger partial charge in [0.2, 0.25) is 11.8 Å². The van der Waals surface area contributed by atoms with Gasteiger partial charge in [-0.3, -0.25) is 9.59 Å². The monoisotopic (exact) mass is 284 g/mol. The van der Waals surface area contributed by atoms with E-state index in [1.807, 2.05) is 13.8 Å². The van der Waals surface area contributed by atoms with Crippen molar-refractivity contribution in [1.82, 2.24) is 10.3 Å². The summed E-state index contributed by atoms with van der Waals surface area (Å²) in [6.07, 6.45) is 2.16. The summed E-state index contributed by atoms with van der Waals surface area (Å²) in [6, 6.07) is -1.23. The molecule has 0 bridgehead atoms. The molecule has 2 unspecified atom stereocenters. The molecule has 2 amide bonds. The van der Waals surface area contributed by atoms with Crippen LogP contribution >= 0.6 is 11.3 Å². The summed E-state index contributed by atoms with van der Waals surface area (Å²) in [5.41, 5.74) is 5.50. The van der Waals surface area contributed by atoms with Crippen LogP contribution in [0.25, 0.3) is 0 Å². The van der Waals surface area contributed by atoms with Crippen molar-refractivity contribution in [3.8, 4) is 0 Å². The number of rotatable bonds is 6. The molecule has 0 radical (unpaired) electrons. The molecule has 106 valence electrons. The van der Waals surface area contributed by atoms with Gasteiger partial charge in [0.05, 0.1) is 6.04 Å². The number of hydrogen-bond acceptors (Lipinski definition) is 5. The average molecular weight is 284 g/mol. The van der Waals surface area contributed by atoms with Gasteiger partial charge in [0.25, 0.3) is 0 Å². The third-order valence-corrected chi connectivity index (χ3v) is 3.10. The first-order chi connectivity index (χ1) is 8.90. The minimum absolute atomic E-state index is 0.266. The largest absolute Gasteiger partial charge is 0.343 e. The second-order valence-corrected chi connectivity index (χ2v) is 5.70. The van der Waals surface area contributed by atoms with Gasteiger partial charge in [-0.2, -0.15) is 0 Å². The van der Waals surface area contributed by atoms with Gasteiger partial charge in [-0.05, 0) is 19.3 Å². The van der Waals surface area contributed by atoms with E-state index in [0.29, 0.717) is 11.6 Å². The Labute approximate surface area is 116 Å². The van der Waals surface area contributed by atoms with Crippen LogP contribution in [-0.4, -0.2) is 28.9 Å². The highest BCUT2D eigenvalue weighted by Gasteiger charge is 2.23. The van der Waals surface area contributed by atoms with Crippen molar-refractivity contribution >= 4 is 28.3 Å². The number of carbonyl (C=O) groups is 2. The lowest BCUT2D eigenvalue weighted by molar-refractivity contribution is -0.127. The number of hydrogen-bond donors (Lipinski definition) is 3. The Morgan fingerprint density at radius 3 is 2.53 bits per heavy atom. The molecule has 0 fully saturated rings. The lowest BCUT2D eigenvalue weighted by atomic mass is 10.0. The van der Waals surface area contributed by atoms with E-state index >= 15 is 0 Å². The summed E-state index contributed by atoms with van der Waals surface area (Å²) < 4.78 is 0. The van der Waals surface area contributed by atoms with Crippen molar-refractivity contribution < 1.29 is 9.59 Å². The molecule has 0 saturated carbocycles. The standard InChI is InChI=1S/C12H20N4O2S/c1-7(2)6-9(15-10(17)8(3)13)11(18)16-12-14-4-5-19-12/h4-5,7-9H,6,13H2,1-3H3,(H,15,17)(H,14,16,18). The van der Waals surface area contributed by atoms with Crippen LogP contribution in [0.4, 0.5) is 5.13 Å². The number of anilines is 1. The van der Waals surface area contributed by atoms with E-state index in [-0.39, 0.29) is 17.7 Å². The molecule has 1 rings (SSSR count). The molecule has 0 spiro atoms. The van der Waals surface area contributed by atoms with Crippen molar-refractivity contribution in [1.29, 1.82) is 0 Å². The Morgan fingerprint density at radius 1 is 1.37 bits per heavy atom. The van der Waals surface area contributed by atoms with Gasteiger partial charge in [0.15, 0.2) is 5.13 Å². The van der Waals surface area contributed by atoms with Crippen molar-refractivity contribution in [3.63, 3.8) is 0 Å². The molecule has 6 nitrogen and oxygen atoms in total. The smallest absolute Gasteiger partial charge is 0.248 e. The Balaban J connectivity index is 2.67. The number of nitrogens with one attached hydrogen (secondary N) is 2. The van der Waals surface area contributed by atoms with Crippen LogP contribution in [0, 0.1) is 5.92 Å². The predicted molar refractivity (Wildman–Crippen MR) is 75.8 cm³/mol. The van der Waals surface area contributed by atoms with E-state index in [9.17, 15) is 9.59 Å². The minimum atomic E-state index is -0.637. The molecular formula is C12H20N4O2S. The fourth-order valence-corrected chi connectivity index (χ4v) is 2.02. The summed E-state index contributed by atoms with van der Waals surface area (Å²) in [7, 11) is 0. The molecule has 0 aliphatic rings. The summed E-state index contributed by atoms with van der Waals surface area (Å²) in [5, 5.41) is 7.64. The number of carbonyl (C=O) groups excluding carboxylic acids is 2. The first-order valence-electron chi connectivity index (χ1n) is 6.16. The van der Waals surface area contributed by atoms with Gasteiger partial charge in [-0.1, -0.05) is 13.8 Å². The van der Waals surface area contributed by atoms with Crippen LogP contribution in [0.15, 0.2) is 11.6 Å². The van der Waals surface area contributed by atoms with Gasteiger partial charge >= 0.3 is 0 Å². The number of aromatic nitrogens is 1. The van der Waals surface area contributed by atoms with Crippen molar-refractivity contribution in [2.45, 2.75) is 39.3 Å². The molecule has 1 heterocycles. The normalized spacial score (nSPS) is 13.9.